The zero-order valence-corrected chi connectivity index (χ0v) is 20.9. The Kier molecular flexibility index (Phi) is 6.47. The van der Waals surface area contributed by atoms with Gasteiger partial charge in [-0.25, -0.2) is 4.79 Å². The lowest BCUT2D eigenvalue weighted by molar-refractivity contribution is -0.0137. The molecule has 1 saturated heterocycles. The number of carbonyl (C=O) groups excluding carboxylic acids is 1. The van der Waals surface area contributed by atoms with E-state index in [9.17, 15) is 4.79 Å². The molecule has 0 unspecified atom stereocenters. The van der Waals surface area contributed by atoms with E-state index in [1.807, 2.05) is 30.3 Å². The van der Waals surface area contributed by atoms with Crippen molar-refractivity contribution in [1.82, 2.24) is 4.90 Å². The first-order valence-electron chi connectivity index (χ1n) is 14.0. The molecule has 0 spiro atoms. The smallest absolute Gasteiger partial charge is 0.410 e. The van der Waals surface area contributed by atoms with Crippen LogP contribution in [-0.4, -0.2) is 30.2 Å². The Morgan fingerprint density at radius 1 is 0.971 bits per heavy atom. The number of fused-ring (bicyclic) bond motifs is 1. The van der Waals surface area contributed by atoms with Crippen LogP contribution in [0.25, 0.3) is 0 Å². The SMILES string of the molecule is O=C(OCc1ccccc1)N1CC[C@]23CCCC[C@H]2[C@H]1Cc1ccc(OCCC2CCCC2)cc13. The van der Waals surface area contributed by atoms with Crippen molar-refractivity contribution in [2.24, 2.45) is 11.8 Å². The van der Waals surface area contributed by atoms with Gasteiger partial charge in [-0.3, -0.25) is 0 Å². The van der Waals surface area contributed by atoms with E-state index in [0.29, 0.717) is 12.5 Å². The van der Waals surface area contributed by atoms with Crippen LogP contribution in [0.1, 0.15) is 80.9 Å². The van der Waals surface area contributed by atoms with Crippen molar-refractivity contribution in [1.29, 1.82) is 0 Å². The molecule has 0 aromatic heterocycles. The maximum Gasteiger partial charge on any atom is 0.410 e. The Labute approximate surface area is 210 Å². The van der Waals surface area contributed by atoms with Crippen molar-refractivity contribution < 1.29 is 14.3 Å². The van der Waals surface area contributed by atoms with E-state index < -0.39 is 0 Å². The Morgan fingerprint density at radius 2 is 1.80 bits per heavy atom. The summed E-state index contributed by atoms with van der Waals surface area (Å²) in [4.78, 5) is 15.3. The van der Waals surface area contributed by atoms with Crippen molar-refractivity contribution in [2.75, 3.05) is 13.2 Å². The molecule has 2 bridgehead atoms. The first-order chi connectivity index (χ1) is 17.2. The molecule has 186 valence electrons. The number of likely N-dealkylation sites (tertiary alicyclic amines) is 1. The molecule has 3 aliphatic carbocycles. The largest absolute Gasteiger partial charge is 0.494 e. The van der Waals surface area contributed by atoms with Gasteiger partial charge >= 0.3 is 6.09 Å². The van der Waals surface area contributed by atoms with Gasteiger partial charge in [0.15, 0.2) is 0 Å². The van der Waals surface area contributed by atoms with E-state index in [1.165, 1.54) is 68.9 Å². The van der Waals surface area contributed by atoms with Gasteiger partial charge < -0.3 is 14.4 Å². The third-order valence-corrected chi connectivity index (χ3v) is 9.52. The summed E-state index contributed by atoms with van der Waals surface area (Å²) in [6.45, 7) is 1.97. The van der Waals surface area contributed by atoms with Gasteiger partial charge in [0.2, 0.25) is 0 Å². The predicted octanol–water partition coefficient (Wildman–Crippen LogP) is 7.04. The molecule has 6 rings (SSSR count). The highest BCUT2D eigenvalue weighted by Gasteiger charge is 2.55. The molecule has 1 aliphatic heterocycles. The van der Waals surface area contributed by atoms with Crippen molar-refractivity contribution in [3.05, 3.63) is 65.2 Å². The van der Waals surface area contributed by atoms with Crippen LogP contribution in [0.15, 0.2) is 48.5 Å². The molecule has 2 saturated carbocycles. The lowest BCUT2D eigenvalue weighted by atomic mass is 9.52. The summed E-state index contributed by atoms with van der Waals surface area (Å²) in [5.74, 6) is 2.43. The topological polar surface area (TPSA) is 38.8 Å². The third-order valence-electron chi connectivity index (χ3n) is 9.52. The van der Waals surface area contributed by atoms with Crippen LogP contribution in [0.4, 0.5) is 4.79 Å². The maximum absolute atomic E-state index is 13.2. The number of ether oxygens (including phenoxy) is 2. The minimum atomic E-state index is -0.145. The lowest BCUT2D eigenvalue weighted by Crippen LogP contribution is -2.62. The van der Waals surface area contributed by atoms with Crippen molar-refractivity contribution >= 4 is 6.09 Å². The third kappa shape index (κ3) is 4.45. The second-order valence-electron chi connectivity index (χ2n) is 11.4. The van der Waals surface area contributed by atoms with Gasteiger partial charge in [-0.1, -0.05) is 74.9 Å². The minimum Gasteiger partial charge on any atom is -0.494 e. The normalized spacial score (nSPS) is 27.7. The molecule has 3 atom stereocenters. The van der Waals surface area contributed by atoms with E-state index in [2.05, 4.69) is 23.1 Å². The fourth-order valence-electron chi connectivity index (χ4n) is 7.75. The summed E-state index contributed by atoms with van der Waals surface area (Å²) in [6.07, 6.45) is 13.6. The molecule has 2 aromatic rings. The zero-order chi connectivity index (χ0) is 23.7. The number of carbonyl (C=O) groups is 1. The average Bonchev–Trinajstić information content (AvgIpc) is 3.42. The Hall–Kier alpha value is -2.49. The van der Waals surface area contributed by atoms with E-state index in [-0.39, 0.29) is 17.6 Å². The van der Waals surface area contributed by atoms with Gasteiger partial charge in [0.25, 0.3) is 0 Å². The van der Waals surface area contributed by atoms with Crippen LogP contribution < -0.4 is 4.74 Å². The lowest BCUT2D eigenvalue weighted by Gasteiger charge is -2.58. The van der Waals surface area contributed by atoms with E-state index >= 15 is 0 Å². The maximum atomic E-state index is 13.2. The summed E-state index contributed by atoms with van der Waals surface area (Å²) >= 11 is 0. The first-order valence-corrected chi connectivity index (χ1v) is 14.0. The van der Waals surface area contributed by atoms with Gasteiger partial charge in [0.05, 0.1) is 6.61 Å². The van der Waals surface area contributed by atoms with Gasteiger partial charge in [-0.15, -0.1) is 0 Å². The molecule has 0 N–H and O–H groups in total. The number of hydrogen-bond acceptors (Lipinski definition) is 3. The van der Waals surface area contributed by atoms with Crippen LogP contribution in [0, 0.1) is 11.8 Å². The predicted molar refractivity (Wildman–Crippen MR) is 138 cm³/mol. The van der Waals surface area contributed by atoms with Crippen molar-refractivity contribution in [3.8, 4) is 5.75 Å². The molecule has 2 aromatic carbocycles. The highest BCUT2D eigenvalue weighted by atomic mass is 16.6. The van der Waals surface area contributed by atoms with Crippen molar-refractivity contribution in [2.45, 2.75) is 88.7 Å². The highest BCUT2D eigenvalue weighted by molar-refractivity contribution is 5.69. The van der Waals surface area contributed by atoms with Gasteiger partial charge in [0, 0.05) is 18.0 Å². The molecule has 1 amide bonds. The second kappa shape index (κ2) is 9.87. The number of piperidine rings is 1. The zero-order valence-electron chi connectivity index (χ0n) is 20.9. The Balaban J connectivity index is 1.19. The second-order valence-corrected chi connectivity index (χ2v) is 11.4. The molecule has 0 radical (unpaired) electrons. The molecule has 35 heavy (non-hydrogen) atoms. The summed E-state index contributed by atoms with van der Waals surface area (Å²) in [5, 5.41) is 0. The quantitative estimate of drug-likeness (QED) is 0.452. The summed E-state index contributed by atoms with van der Waals surface area (Å²) < 4.78 is 12.1. The molecule has 4 heteroatoms. The van der Waals surface area contributed by atoms with Gasteiger partial charge in [-0.05, 0) is 72.8 Å². The molecule has 3 fully saturated rings. The summed E-state index contributed by atoms with van der Waals surface area (Å²) in [7, 11) is 0. The fraction of sp³-hybridized carbons (Fsp3) is 0.581. The van der Waals surface area contributed by atoms with E-state index in [0.717, 1.165) is 43.2 Å². The minimum absolute atomic E-state index is 0.145. The number of benzene rings is 2. The molecular formula is C31H39NO3. The monoisotopic (exact) mass is 473 g/mol. The standard InChI is InChI=1S/C31H39NO3/c33-30(35-22-24-10-2-1-3-11-24)32-18-17-31-16-7-6-12-27(31)29(32)20-25-13-14-26(21-28(25)31)34-19-15-23-8-4-5-9-23/h1-3,10-11,13-14,21,23,27,29H,4-9,12,15-20,22H2/t27-,29+,31+/m0/s1. The molecule has 1 heterocycles. The fourth-order valence-corrected chi connectivity index (χ4v) is 7.75. The van der Waals surface area contributed by atoms with Crippen LogP contribution >= 0.6 is 0 Å². The van der Waals surface area contributed by atoms with E-state index in [1.54, 1.807) is 0 Å². The summed E-state index contributed by atoms with van der Waals surface area (Å²) in [5.41, 5.74) is 4.17. The number of rotatable bonds is 6. The van der Waals surface area contributed by atoms with Gasteiger partial charge in [-0.2, -0.15) is 0 Å². The van der Waals surface area contributed by atoms with Crippen LogP contribution in [-0.2, 0) is 23.2 Å². The van der Waals surface area contributed by atoms with Crippen LogP contribution in [0.2, 0.25) is 0 Å². The molecule has 4 nitrogen and oxygen atoms in total. The van der Waals surface area contributed by atoms with Gasteiger partial charge in [0.1, 0.15) is 12.4 Å². The number of amides is 1. The molecule has 4 aliphatic rings. The molecular weight excluding hydrogens is 434 g/mol. The first kappa shape index (κ1) is 22.9. The average molecular weight is 474 g/mol. The Morgan fingerprint density at radius 3 is 2.66 bits per heavy atom. The van der Waals surface area contributed by atoms with E-state index in [4.69, 9.17) is 9.47 Å². The number of nitrogens with zero attached hydrogens (tertiary/aromatic N) is 1. The van der Waals surface area contributed by atoms with Crippen LogP contribution in [0.5, 0.6) is 5.75 Å². The highest BCUT2D eigenvalue weighted by Crippen LogP contribution is 2.56. The Bertz CT molecular complexity index is 1030. The van der Waals surface area contributed by atoms with Crippen LogP contribution in [0.3, 0.4) is 0 Å². The summed E-state index contributed by atoms with van der Waals surface area (Å²) in [6, 6.07) is 17.1. The van der Waals surface area contributed by atoms with Crippen molar-refractivity contribution in [3.63, 3.8) is 0 Å². The number of hydrogen-bond donors (Lipinski definition) is 0.